The Morgan fingerprint density at radius 2 is 1.69 bits per heavy atom. The molecule has 5 nitrogen and oxygen atoms in total. The van der Waals surface area contributed by atoms with E-state index in [1.54, 1.807) is 18.9 Å². The maximum Gasteiger partial charge on any atom is 0.261 e. The van der Waals surface area contributed by atoms with Gasteiger partial charge in [-0.25, -0.2) is 0 Å². The predicted octanol–water partition coefficient (Wildman–Crippen LogP) is 3.69. The number of hydrogen-bond acceptors (Lipinski definition) is 3. The number of aryl methyl sites for hydroxylation is 1. The highest BCUT2D eigenvalue weighted by Crippen LogP contribution is 2.25. The van der Waals surface area contributed by atoms with Crippen molar-refractivity contribution in [2.75, 3.05) is 13.7 Å². The number of rotatable bonds is 7. The molecule has 0 unspecified atom stereocenters. The summed E-state index contributed by atoms with van der Waals surface area (Å²) in [7, 11) is 1.57. The lowest BCUT2D eigenvalue weighted by molar-refractivity contribution is -0.142. The molecular weight excluding hydrogens is 364 g/mol. The van der Waals surface area contributed by atoms with Gasteiger partial charge in [-0.2, -0.15) is 0 Å². The quantitative estimate of drug-likeness (QED) is 0.669. The summed E-state index contributed by atoms with van der Waals surface area (Å²) in [5, 5.41) is 4.63. The van der Waals surface area contributed by atoms with Crippen molar-refractivity contribution in [1.82, 2.24) is 10.2 Å². The first-order chi connectivity index (χ1) is 14.0. The minimum absolute atomic E-state index is 0.138. The van der Waals surface area contributed by atoms with Gasteiger partial charge >= 0.3 is 0 Å². The van der Waals surface area contributed by atoms with Gasteiger partial charge in [0.15, 0.2) is 6.61 Å². The van der Waals surface area contributed by atoms with Gasteiger partial charge in [0.1, 0.15) is 11.8 Å². The summed E-state index contributed by atoms with van der Waals surface area (Å²) in [4.78, 5) is 26.8. The molecule has 2 amide bonds. The second-order valence-corrected chi connectivity index (χ2v) is 7.00. The number of fused-ring (bicyclic) bond motifs is 1. The zero-order chi connectivity index (χ0) is 20.8. The van der Waals surface area contributed by atoms with Gasteiger partial charge in [0.2, 0.25) is 5.91 Å². The Morgan fingerprint density at radius 1 is 1.00 bits per heavy atom. The van der Waals surface area contributed by atoms with Crippen molar-refractivity contribution in [1.29, 1.82) is 0 Å². The number of ether oxygens (including phenoxy) is 1. The molecule has 0 heterocycles. The fraction of sp³-hybridized carbons (Fsp3) is 0.250. The average Bonchev–Trinajstić information content (AvgIpc) is 2.75. The molecule has 0 spiro atoms. The number of hydrogen-bond donors (Lipinski definition) is 1. The zero-order valence-corrected chi connectivity index (χ0v) is 17.0. The molecule has 3 aromatic carbocycles. The van der Waals surface area contributed by atoms with Crippen molar-refractivity contribution in [2.45, 2.75) is 26.4 Å². The average molecular weight is 390 g/mol. The van der Waals surface area contributed by atoms with Crippen molar-refractivity contribution >= 4 is 22.6 Å². The van der Waals surface area contributed by atoms with E-state index in [0.717, 1.165) is 21.9 Å². The van der Waals surface area contributed by atoms with Crippen molar-refractivity contribution < 1.29 is 14.3 Å². The third-order valence-corrected chi connectivity index (χ3v) is 5.12. The molecule has 150 valence electrons. The molecule has 0 radical (unpaired) electrons. The second-order valence-electron chi connectivity index (χ2n) is 7.00. The van der Waals surface area contributed by atoms with Gasteiger partial charge < -0.3 is 15.0 Å². The Bertz CT molecular complexity index is 1010. The Hall–Kier alpha value is -3.34. The van der Waals surface area contributed by atoms with Crippen molar-refractivity contribution in [3.8, 4) is 5.75 Å². The Morgan fingerprint density at radius 3 is 2.45 bits per heavy atom. The Labute approximate surface area is 171 Å². The Kier molecular flexibility index (Phi) is 6.50. The van der Waals surface area contributed by atoms with Crippen LogP contribution in [-0.4, -0.2) is 36.4 Å². The third kappa shape index (κ3) is 4.74. The molecule has 0 bridgehead atoms. The van der Waals surface area contributed by atoms with Crippen molar-refractivity contribution in [2.24, 2.45) is 0 Å². The van der Waals surface area contributed by atoms with Gasteiger partial charge in [-0.1, -0.05) is 60.7 Å². The normalized spacial score (nSPS) is 11.7. The van der Waals surface area contributed by atoms with Crippen LogP contribution >= 0.6 is 0 Å². The largest absolute Gasteiger partial charge is 0.483 e. The fourth-order valence-electron chi connectivity index (χ4n) is 3.31. The molecule has 29 heavy (non-hydrogen) atoms. The number of benzene rings is 3. The minimum Gasteiger partial charge on any atom is -0.483 e. The molecule has 0 saturated carbocycles. The van der Waals surface area contributed by atoms with E-state index in [4.69, 9.17) is 4.74 Å². The first-order valence-corrected chi connectivity index (χ1v) is 9.67. The van der Waals surface area contributed by atoms with Gasteiger partial charge in [0.25, 0.3) is 5.91 Å². The topological polar surface area (TPSA) is 58.6 Å². The van der Waals surface area contributed by atoms with Crippen LogP contribution in [0.3, 0.4) is 0 Å². The van der Waals surface area contributed by atoms with Crippen molar-refractivity contribution in [3.05, 3.63) is 77.9 Å². The van der Waals surface area contributed by atoms with E-state index < -0.39 is 6.04 Å². The van der Waals surface area contributed by atoms with Crippen LogP contribution < -0.4 is 10.1 Å². The molecule has 5 heteroatoms. The maximum atomic E-state index is 13.1. The summed E-state index contributed by atoms with van der Waals surface area (Å²) in [6, 6.07) is 20.9. The predicted molar refractivity (Wildman–Crippen MR) is 115 cm³/mol. The van der Waals surface area contributed by atoms with E-state index in [2.05, 4.69) is 5.32 Å². The van der Waals surface area contributed by atoms with Crippen LogP contribution in [0, 0.1) is 6.92 Å². The first kappa shape index (κ1) is 20.4. The number of nitrogens with one attached hydrogen (secondary N) is 1. The molecule has 0 saturated heterocycles. The maximum absolute atomic E-state index is 13.1. The SMILES string of the molecule is CNC(=O)[C@H](C)N(Cc1ccccc1C)C(=O)COc1cccc2ccccc12. The molecule has 0 aliphatic heterocycles. The molecule has 0 fully saturated rings. The summed E-state index contributed by atoms with van der Waals surface area (Å²) in [6.07, 6.45) is 0. The molecular formula is C24H26N2O3. The molecule has 0 aliphatic rings. The van der Waals surface area contributed by atoms with Gasteiger partial charge in [0.05, 0.1) is 0 Å². The van der Waals surface area contributed by atoms with E-state index in [1.807, 2.05) is 73.7 Å². The molecule has 3 aromatic rings. The number of carbonyl (C=O) groups is 2. The van der Waals surface area contributed by atoms with Crippen LogP contribution in [-0.2, 0) is 16.1 Å². The van der Waals surface area contributed by atoms with E-state index in [-0.39, 0.29) is 18.4 Å². The van der Waals surface area contributed by atoms with Crippen molar-refractivity contribution in [3.63, 3.8) is 0 Å². The lowest BCUT2D eigenvalue weighted by Crippen LogP contribution is -2.48. The number of amides is 2. The molecule has 0 aromatic heterocycles. The van der Waals surface area contributed by atoms with Gasteiger partial charge in [-0.05, 0) is 36.4 Å². The van der Waals surface area contributed by atoms with E-state index in [0.29, 0.717) is 12.3 Å². The summed E-state index contributed by atoms with van der Waals surface area (Å²) < 4.78 is 5.87. The lowest BCUT2D eigenvalue weighted by Gasteiger charge is -2.29. The summed E-state index contributed by atoms with van der Waals surface area (Å²) in [6.45, 7) is 3.93. The van der Waals surface area contributed by atoms with Gasteiger partial charge in [0, 0.05) is 19.0 Å². The number of likely N-dealkylation sites (N-methyl/N-ethyl adjacent to an activating group) is 1. The number of carbonyl (C=O) groups excluding carboxylic acids is 2. The summed E-state index contributed by atoms with van der Waals surface area (Å²) >= 11 is 0. The van der Waals surface area contributed by atoms with E-state index in [9.17, 15) is 9.59 Å². The zero-order valence-electron chi connectivity index (χ0n) is 17.0. The highest BCUT2D eigenvalue weighted by Gasteiger charge is 2.26. The smallest absolute Gasteiger partial charge is 0.261 e. The molecule has 1 atom stereocenters. The first-order valence-electron chi connectivity index (χ1n) is 9.67. The van der Waals surface area contributed by atoms with E-state index >= 15 is 0 Å². The van der Waals surface area contributed by atoms with Crippen LogP contribution in [0.2, 0.25) is 0 Å². The van der Waals surface area contributed by atoms with Gasteiger partial charge in [-0.3, -0.25) is 9.59 Å². The van der Waals surface area contributed by atoms with Crippen LogP contribution in [0.25, 0.3) is 10.8 Å². The highest BCUT2D eigenvalue weighted by molar-refractivity contribution is 5.90. The lowest BCUT2D eigenvalue weighted by atomic mass is 10.1. The molecule has 0 aliphatic carbocycles. The molecule has 1 N–H and O–H groups in total. The minimum atomic E-state index is -0.608. The van der Waals surface area contributed by atoms with Crippen LogP contribution in [0.1, 0.15) is 18.1 Å². The van der Waals surface area contributed by atoms with E-state index in [1.165, 1.54) is 0 Å². The standard InChI is InChI=1S/C24H26N2O3/c1-17-9-4-5-11-20(17)15-26(18(2)24(28)25-3)23(27)16-29-22-14-8-12-19-10-6-7-13-21(19)22/h4-14,18H,15-16H2,1-3H3,(H,25,28)/t18-/m0/s1. The summed E-state index contributed by atoms with van der Waals surface area (Å²) in [5.41, 5.74) is 2.08. The van der Waals surface area contributed by atoms with Crippen LogP contribution in [0.5, 0.6) is 5.75 Å². The van der Waals surface area contributed by atoms with Crippen LogP contribution in [0.4, 0.5) is 0 Å². The Balaban J connectivity index is 1.80. The summed E-state index contributed by atoms with van der Waals surface area (Å²) in [5.74, 6) is 0.203. The molecule has 3 rings (SSSR count). The monoisotopic (exact) mass is 390 g/mol. The van der Waals surface area contributed by atoms with Gasteiger partial charge in [-0.15, -0.1) is 0 Å². The van der Waals surface area contributed by atoms with Crippen LogP contribution in [0.15, 0.2) is 66.7 Å². The fourth-order valence-corrected chi connectivity index (χ4v) is 3.31. The highest BCUT2D eigenvalue weighted by atomic mass is 16.5. The number of nitrogens with zero attached hydrogens (tertiary/aromatic N) is 1. The second kappa shape index (κ2) is 9.24. The third-order valence-electron chi connectivity index (χ3n) is 5.12.